The third-order valence-corrected chi connectivity index (χ3v) is 2.23. The van der Waals surface area contributed by atoms with Gasteiger partial charge >= 0.3 is 5.97 Å². The largest absolute Gasteiger partial charge is 0.478 e. The first-order valence-corrected chi connectivity index (χ1v) is 5.59. The van der Waals surface area contributed by atoms with Gasteiger partial charge in [-0.25, -0.2) is 4.79 Å². The van der Waals surface area contributed by atoms with Gasteiger partial charge in [-0.2, -0.15) is 0 Å². The SMILES string of the molecule is O=C(O)C=CC(=O)NNC(=O)Cc1ccc(Cl)cc1. The van der Waals surface area contributed by atoms with Crippen LogP contribution in [0.25, 0.3) is 0 Å². The average Bonchev–Trinajstić information content (AvgIpc) is 2.36. The summed E-state index contributed by atoms with van der Waals surface area (Å²) in [4.78, 5) is 32.6. The van der Waals surface area contributed by atoms with Gasteiger partial charge in [-0.1, -0.05) is 23.7 Å². The molecule has 7 heteroatoms. The molecular formula is C12H11ClN2O4. The number of benzene rings is 1. The molecule has 0 aliphatic rings. The maximum absolute atomic E-state index is 11.4. The lowest BCUT2D eigenvalue weighted by atomic mass is 10.1. The van der Waals surface area contributed by atoms with Crippen molar-refractivity contribution in [1.82, 2.24) is 10.9 Å². The van der Waals surface area contributed by atoms with E-state index in [-0.39, 0.29) is 6.42 Å². The summed E-state index contributed by atoms with van der Waals surface area (Å²) in [5.74, 6) is -2.41. The Hall–Kier alpha value is -2.34. The Labute approximate surface area is 114 Å². The molecule has 0 fully saturated rings. The first kappa shape index (κ1) is 14.7. The van der Waals surface area contributed by atoms with Gasteiger partial charge in [0, 0.05) is 17.2 Å². The molecule has 2 amide bonds. The number of carbonyl (C=O) groups is 3. The van der Waals surface area contributed by atoms with Crippen molar-refractivity contribution in [3.05, 3.63) is 47.0 Å². The number of carboxylic acids is 1. The van der Waals surface area contributed by atoms with E-state index in [1.807, 2.05) is 0 Å². The molecule has 6 nitrogen and oxygen atoms in total. The molecule has 1 aromatic carbocycles. The van der Waals surface area contributed by atoms with E-state index in [9.17, 15) is 14.4 Å². The van der Waals surface area contributed by atoms with Crippen molar-refractivity contribution in [2.24, 2.45) is 0 Å². The number of hydrogen-bond acceptors (Lipinski definition) is 3. The van der Waals surface area contributed by atoms with Gasteiger partial charge in [-0.15, -0.1) is 0 Å². The number of halogens is 1. The molecule has 100 valence electrons. The Bertz CT molecular complexity index is 511. The number of carbonyl (C=O) groups excluding carboxylic acids is 2. The number of hydrazine groups is 1. The molecule has 0 radical (unpaired) electrons. The Morgan fingerprint density at radius 1 is 1.11 bits per heavy atom. The molecular weight excluding hydrogens is 272 g/mol. The topological polar surface area (TPSA) is 95.5 Å². The molecule has 0 unspecified atom stereocenters. The maximum Gasteiger partial charge on any atom is 0.328 e. The first-order chi connectivity index (χ1) is 8.97. The molecule has 0 aliphatic carbocycles. The quantitative estimate of drug-likeness (QED) is 0.559. The Kier molecular flexibility index (Phi) is 5.56. The third kappa shape index (κ3) is 6.23. The lowest BCUT2D eigenvalue weighted by molar-refractivity contribution is -0.131. The predicted molar refractivity (Wildman–Crippen MR) is 68.2 cm³/mol. The number of hydrogen-bond donors (Lipinski definition) is 3. The van der Waals surface area contributed by atoms with Crippen LogP contribution < -0.4 is 10.9 Å². The molecule has 0 saturated carbocycles. The maximum atomic E-state index is 11.4. The van der Waals surface area contributed by atoms with E-state index < -0.39 is 17.8 Å². The van der Waals surface area contributed by atoms with Crippen LogP contribution >= 0.6 is 11.6 Å². The van der Waals surface area contributed by atoms with E-state index in [0.717, 1.165) is 11.6 Å². The highest BCUT2D eigenvalue weighted by Crippen LogP contribution is 2.09. The van der Waals surface area contributed by atoms with Gasteiger partial charge in [0.1, 0.15) is 0 Å². The van der Waals surface area contributed by atoms with Crippen molar-refractivity contribution >= 4 is 29.4 Å². The second kappa shape index (κ2) is 7.17. The summed E-state index contributed by atoms with van der Waals surface area (Å²) >= 11 is 5.70. The van der Waals surface area contributed by atoms with E-state index in [4.69, 9.17) is 16.7 Å². The number of nitrogens with one attached hydrogen (secondary N) is 2. The molecule has 1 rings (SSSR count). The van der Waals surface area contributed by atoms with Crippen LogP contribution in [0, 0.1) is 0 Å². The molecule has 0 aliphatic heterocycles. The second-order valence-electron chi connectivity index (χ2n) is 3.51. The van der Waals surface area contributed by atoms with E-state index in [1.165, 1.54) is 0 Å². The fourth-order valence-corrected chi connectivity index (χ4v) is 1.28. The Balaban J connectivity index is 2.38. The van der Waals surface area contributed by atoms with Gasteiger partial charge < -0.3 is 5.11 Å². The average molecular weight is 283 g/mol. The van der Waals surface area contributed by atoms with Crippen LogP contribution in [0.2, 0.25) is 5.02 Å². The number of amides is 2. The van der Waals surface area contributed by atoms with Gasteiger partial charge in [0.25, 0.3) is 5.91 Å². The summed E-state index contributed by atoms with van der Waals surface area (Å²) in [5.41, 5.74) is 4.94. The monoisotopic (exact) mass is 282 g/mol. The number of aliphatic carboxylic acids is 1. The Morgan fingerprint density at radius 3 is 2.32 bits per heavy atom. The van der Waals surface area contributed by atoms with Crippen LogP contribution in [-0.4, -0.2) is 22.9 Å². The highest BCUT2D eigenvalue weighted by atomic mass is 35.5. The summed E-state index contributed by atoms with van der Waals surface area (Å²) in [6, 6.07) is 6.68. The lowest BCUT2D eigenvalue weighted by Gasteiger charge is -2.05. The molecule has 0 bridgehead atoms. The number of carboxylic acid groups (broad SMARTS) is 1. The molecule has 0 saturated heterocycles. The summed E-state index contributed by atoms with van der Waals surface area (Å²) < 4.78 is 0. The van der Waals surface area contributed by atoms with Crippen molar-refractivity contribution in [1.29, 1.82) is 0 Å². The summed E-state index contributed by atoms with van der Waals surface area (Å²) in [6.45, 7) is 0. The minimum Gasteiger partial charge on any atom is -0.478 e. The van der Waals surface area contributed by atoms with Crippen LogP contribution in [0.4, 0.5) is 0 Å². The third-order valence-electron chi connectivity index (χ3n) is 1.98. The van der Waals surface area contributed by atoms with E-state index in [2.05, 4.69) is 10.9 Å². The highest BCUT2D eigenvalue weighted by molar-refractivity contribution is 6.30. The van der Waals surface area contributed by atoms with Crippen LogP contribution in [0.5, 0.6) is 0 Å². The smallest absolute Gasteiger partial charge is 0.328 e. The standard InChI is InChI=1S/C12H11ClN2O4/c13-9-3-1-8(2-4-9)7-11(17)15-14-10(16)5-6-12(18)19/h1-6H,7H2,(H,14,16)(H,15,17)(H,18,19). The van der Waals surface area contributed by atoms with Gasteiger partial charge in [0.2, 0.25) is 5.91 Å². The zero-order valence-corrected chi connectivity index (χ0v) is 10.5. The van der Waals surface area contributed by atoms with Gasteiger partial charge in [0.05, 0.1) is 6.42 Å². The zero-order valence-electron chi connectivity index (χ0n) is 9.72. The van der Waals surface area contributed by atoms with Crippen molar-refractivity contribution < 1.29 is 19.5 Å². The normalized spacial score (nSPS) is 10.2. The van der Waals surface area contributed by atoms with Crippen LogP contribution in [0.1, 0.15) is 5.56 Å². The molecule has 0 aromatic heterocycles. The number of rotatable bonds is 4. The van der Waals surface area contributed by atoms with E-state index >= 15 is 0 Å². The van der Waals surface area contributed by atoms with Crippen molar-refractivity contribution in [3.63, 3.8) is 0 Å². The highest BCUT2D eigenvalue weighted by Gasteiger charge is 2.04. The van der Waals surface area contributed by atoms with E-state index in [0.29, 0.717) is 11.1 Å². The predicted octanol–water partition coefficient (Wildman–Crippen LogP) is 0.671. The van der Waals surface area contributed by atoms with Crippen LogP contribution in [-0.2, 0) is 20.8 Å². The van der Waals surface area contributed by atoms with Crippen molar-refractivity contribution in [3.8, 4) is 0 Å². The Morgan fingerprint density at radius 2 is 1.74 bits per heavy atom. The fraction of sp³-hybridized carbons (Fsp3) is 0.0833. The van der Waals surface area contributed by atoms with Gasteiger partial charge in [-0.3, -0.25) is 20.4 Å². The molecule has 3 N–H and O–H groups in total. The van der Waals surface area contributed by atoms with Crippen LogP contribution in [0.3, 0.4) is 0 Å². The molecule has 0 atom stereocenters. The summed E-state index contributed by atoms with van der Waals surface area (Å²) in [5, 5.41) is 8.86. The second-order valence-corrected chi connectivity index (χ2v) is 3.95. The lowest BCUT2D eigenvalue weighted by Crippen LogP contribution is -2.41. The molecule has 0 heterocycles. The minimum absolute atomic E-state index is 0.0695. The van der Waals surface area contributed by atoms with Crippen molar-refractivity contribution in [2.45, 2.75) is 6.42 Å². The van der Waals surface area contributed by atoms with Gasteiger partial charge in [-0.05, 0) is 17.7 Å². The summed E-state index contributed by atoms with van der Waals surface area (Å²) in [6.07, 6.45) is 1.53. The molecule has 19 heavy (non-hydrogen) atoms. The zero-order chi connectivity index (χ0) is 14.3. The van der Waals surface area contributed by atoms with E-state index in [1.54, 1.807) is 24.3 Å². The molecule has 1 aromatic rings. The van der Waals surface area contributed by atoms with Crippen LogP contribution in [0.15, 0.2) is 36.4 Å². The summed E-state index contributed by atoms with van der Waals surface area (Å²) in [7, 11) is 0. The van der Waals surface area contributed by atoms with Gasteiger partial charge in [0.15, 0.2) is 0 Å². The first-order valence-electron chi connectivity index (χ1n) is 5.21. The molecule has 0 spiro atoms. The fourth-order valence-electron chi connectivity index (χ4n) is 1.15. The van der Waals surface area contributed by atoms with Crippen molar-refractivity contribution in [2.75, 3.05) is 0 Å². The minimum atomic E-state index is -1.25.